The molecule has 0 aliphatic rings. The van der Waals surface area contributed by atoms with E-state index in [9.17, 15) is 9.59 Å². The summed E-state index contributed by atoms with van der Waals surface area (Å²) in [6.07, 6.45) is 1.81. The van der Waals surface area contributed by atoms with Crippen molar-refractivity contribution in [3.05, 3.63) is 66.9 Å². The number of aromatic nitrogens is 1. The van der Waals surface area contributed by atoms with Gasteiger partial charge in [0.15, 0.2) is 0 Å². The zero-order valence-corrected chi connectivity index (χ0v) is 15.8. The second-order valence-corrected chi connectivity index (χ2v) is 6.27. The van der Waals surface area contributed by atoms with Gasteiger partial charge in [-0.05, 0) is 48.4 Å². The summed E-state index contributed by atoms with van der Waals surface area (Å²) in [7, 11) is 0. The van der Waals surface area contributed by atoms with Gasteiger partial charge in [-0.3, -0.25) is 9.36 Å². The van der Waals surface area contributed by atoms with Crippen LogP contribution in [-0.2, 0) is 16.0 Å². The van der Waals surface area contributed by atoms with Crippen LogP contribution in [0.2, 0.25) is 0 Å². The van der Waals surface area contributed by atoms with Crippen LogP contribution in [0.1, 0.15) is 12.6 Å². The molecule has 0 aliphatic carbocycles. The molecule has 3 aromatic rings. The number of nitrogens with one attached hydrogen (secondary N) is 1. The first-order valence-corrected chi connectivity index (χ1v) is 9.10. The molecule has 2 aromatic carbocycles. The number of ether oxygens (including phenoxy) is 1. The molecule has 144 valence electrons. The first-order valence-electron chi connectivity index (χ1n) is 9.10. The van der Waals surface area contributed by atoms with Crippen molar-refractivity contribution in [2.24, 2.45) is 5.73 Å². The molecule has 0 saturated carbocycles. The Balaban J connectivity index is 2.08. The third kappa shape index (κ3) is 3.97. The first kappa shape index (κ1) is 19.4. The minimum atomic E-state index is -0.523. The number of fused-ring (bicyclic) bond motifs is 1. The standard InChI is InChI=1S/C22H23N3O3/c1-3-21(26)24-16-8-5-7-15(13-16)18-9-6-10-20-19(18)14-17(11-12-28-4-2)25(20)22(23)27/h3,5-10,13-14H,1,4,11-12H2,2H3,(H2,23,27)(H,24,26). The molecule has 1 heterocycles. The van der Waals surface area contributed by atoms with Gasteiger partial charge in [0.2, 0.25) is 5.91 Å². The molecule has 0 radical (unpaired) electrons. The van der Waals surface area contributed by atoms with Crippen molar-refractivity contribution in [2.75, 3.05) is 18.5 Å². The fourth-order valence-electron chi connectivity index (χ4n) is 3.26. The lowest BCUT2D eigenvalue weighted by Gasteiger charge is -2.08. The Kier molecular flexibility index (Phi) is 5.91. The number of hydrogen-bond acceptors (Lipinski definition) is 3. The largest absolute Gasteiger partial charge is 0.381 e. The quantitative estimate of drug-likeness (QED) is 0.483. The number of anilines is 1. The summed E-state index contributed by atoms with van der Waals surface area (Å²) in [5.74, 6) is -0.270. The predicted molar refractivity (Wildman–Crippen MR) is 111 cm³/mol. The second kappa shape index (κ2) is 8.54. The zero-order valence-electron chi connectivity index (χ0n) is 15.8. The highest BCUT2D eigenvalue weighted by Gasteiger charge is 2.16. The Bertz CT molecular complexity index is 1040. The van der Waals surface area contributed by atoms with Gasteiger partial charge in [-0.25, -0.2) is 4.79 Å². The van der Waals surface area contributed by atoms with Gasteiger partial charge in [0.1, 0.15) is 0 Å². The average molecular weight is 377 g/mol. The van der Waals surface area contributed by atoms with Crippen molar-refractivity contribution in [2.45, 2.75) is 13.3 Å². The number of primary amides is 1. The van der Waals surface area contributed by atoms with E-state index in [0.29, 0.717) is 25.3 Å². The highest BCUT2D eigenvalue weighted by Crippen LogP contribution is 2.32. The summed E-state index contributed by atoms with van der Waals surface area (Å²) in [6, 6.07) is 14.7. The van der Waals surface area contributed by atoms with E-state index in [1.807, 2.05) is 55.5 Å². The van der Waals surface area contributed by atoms with Crippen molar-refractivity contribution in [1.29, 1.82) is 0 Å². The summed E-state index contributed by atoms with van der Waals surface area (Å²) in [5, 5.41) is 3.68. The Morgan fingerprint density at radius 1 is 1.21 bits per heavy atom. The number of amides is 2. The molecule has 1 aromatic heterocycles. The van der Waals surface area contributed by atoms with E-state index in [1.54, 1.807) is 0 Å². The van der Waals surface area contributed by atoms with Crippen LogP contribution in [0.25, 0.3) is 22.0 Å². The molecule has 6 heteroatoms. The van der Waals surface area contributed by atoms with Gasteiger partial charge in [-0.15, -0.1) is 0 Å². The minimum Gasteiger partial charge on any atom is -0.381 e. The van der Waals surface area contributed by atoms with Crippen molar-refractivity contribution in [1.82, 2.24) is 4.57 Å². The maximum Gasteiger partial charge on any atom is 0.323 e. The summed E-state index contributed by atoms with van der Waals surface area (Å²) in [4.78, 5) is 23.7. The summed E-state index contributed by atoms with van der Waals surface area (Å²) < 4.78 is 6.96. The van der Waals surface area contributed by atoms with Crippen LogP contribution in [0.4, 0.5) is 10.5 Å². The minimum absolute atomic E-state index is 0.270. The molecule has 0 atom stereocenters. The van der Waals surface area contributed by atoms with Crippen molar-refractivity contribution < 1.29 is 14.3 Å². The lowest BCUT2D eigenvalue weighted by molar-refractivity contribution is -0.111. The smallest absolute Gasteiger partial charge is 0.323 e. The van der Waals surface area contributed by atoms with Gasteiger partial charge in [-0.2, -0.15) is 0 Å². The number of carbonyl (C=O) groups is 2. The third-order valence-corrected chi connectivity index (χ3v) is 4.48. The molecule has 3 rings (SSSR count). The lowest BCUT2D eigenvalue weighted by Crippen LogP contribution is -2.22. The zero-order chi connectivity index (χ0) is 20.1. The molecule has 0 saturated heterocycles. The normalized spacial score (nSPS) is 10.8. The number of hydrogen-bond donors (Lipinski definition) is 2. The number of nitrogens with zero attached hydrogens (tertiary/aromatic N) is 1. The Morgan fingerprint density at radius 2 is 2.00 bits per heavy atom. The fourth-order valence-corrected chi connectivity index (χ4v) is 3.26. The molecular formula is C22H23N3O3. The first-order chi connectivity index (χ1) is 13.5. The number of nitrogens with two attached hydrogens (primary N) is 1. The van der Waals surface area contributed by atoms with E-state index >= 15 is 0 Å². The van der Waals surface area contributed by atoms with E-state index < -0.39 is 6.03 Å². The van der Waals surface area contributed by atoms with Crippen LogP contribution in [-0.4, -0.2) is 29.7 Å². The van der Waals surface area contributed by atoms with Crippen LogP contribution >= 0.6 is 0 Å². The molecule has 0 bridgehead atoms. The predicted octanol–water partition coefficient (Wildman–Crippen LogP) is 3.94. The molecule has 0 spiro atoms. The van der Waals surface area contributed by atoms with E-state index in [-0.39, 0.29) is 5.91 Å². The summed E-state index contributed by atoms with van der Waals surface area (Å²) in [6.45, 7) is 6.53. The van der Waals surface area contributed by atoms with Crippen LogP contribution in [0.3, 0.4) is 0 Å². The van der Waals surface area contributed by atoms with Crippen molar-refractivity contribution in [3.8, 4) is 11.1 Å². The molecule has 2 amide bonds. The Hall–Kier alpha value is -3.38. The fraction of sp³-hybridized carbons (Fsp3) is 0.182. The number of rotatable bonds is 7. The van der Waals surface area contributed by atoms with Gasteiger partial charge >= 0.3 is 6.03 Å². The highest BCUT2D eigenvalue weighted by atomic mass is 16.5. The SMILES string of the molecule is C=CC(=O)Nc1cccc(-c2cccc3c2cc(CCOCC)n3C(N)=O)c1. The highest BCUT2D eigenvalue weighted by molar-refractivity contribution is 6.02. The Morgan fingerprint density at radius 3 is 2.71 bits per heavy atom. The van der Waals surface area contributed by atoms with Gasteiger partial charge in [-0.1, -0.05) is 30.8 Å². The number of benzene rings is 2. The van der Waals surface area contributed by atoms with E-state index in [1.165, 1.54) is 10.6 Å². The van der Waals surface area contributed by atoms with Gasteiger partial charge in [0.05, 0.1) is 12.1 Å². The summed E-state index contributed by atoms with van der Waals surface area (Å²) >= 11 is 0. The molecule has 28 heavy (non-hydrogen) atoms. The van der Waals surface area contributed by atoms with Crippen LogP contribution in [0, 0.1) is 0 Å². The average Bonchev–Trinajstić information content (AvgIpc) is 3.06. The molecular weight excluding hydrogens is 354 g/mol. The maximum atomic E-state index is 12.1. The molecule has 0 unspecified atom stereocenters. The Labute approximate surface area is 163 Å². The summed E-state index contributed by atoms with van der Waals surface area (Å²) in [5.41, 5.74) is 9.73. The van der Waals surface area contributed by atoms with Crippen LogP contribution in [0.5, 0.6) is 0 Å². The molecule has 0 fully saturated rings. The number of carbonyl (C=O) groups excluding carboxylic acids is 2. The van der Waals surface area contributed by atoms with Crippen LogP contribution in [0.15, 0.2) is 61.2 Å². The molecule has 3 N–H and O–H groups in total. The molecule has 0 aliphatic heterocycles. The van der Waals surface area contributed by atoms with Crippen LogP contribution < -0.4 is 11.1 Å². The monoisotopic (exact) mass is 377 g/mol. The second-order valence-electron chi connectivity index (χ2n) is 6.27. The van der Waals surface area contributed by atoms with E-state index in [4.69, 9.17) is 10.5 Å². The van der Waals surface area contributed by atoms with E-state index in [0.717, 1.165) is 27.7 Å². The lowest BCUT2D eigenvalue weighted by atomic mass is 10.0. The van der Waals surface area contributed by atoms with Gasteiger partial charge in [0, 0.05) is 29.8 Å². The maximum absolute atomic E-state index is 12.1. The van der Waals surface area contributed by atoms with E-state index in [2.05, 4.69) is 11.9 Å². The topological polar surface area (TPSA) is 86.3 Å². The molecule has 6 nitrogen and oxygen atoms in total. The van der Waals surface area contributed by atoms with Gasteiger partial charge in [0.25, 0.3) is 0 Å². The van der Waals surface area contributed by atoms with Gasteiger partial charge < -0.3 is 15.8 Å². The van der Waals surface area contributed by atoms with Crippen molar-refractivity contribution in [3.63, 3.8) is 0 Å². The third-order valence-electron chi connectivity index (χ3n) is 4.48. The van der Waals surface area contributed by atoms with Crippen molar-refractivity contribution >= 4 is 28.5 Å².